The molecule has 0 aromatic carbocycles. The van der Waals surface area contributed by atoms with Crippen LogP contribution in [0.4, 0.5) is 0 Å². The summed E-state index contributed by atoms with van der Waals surface area (Å²) in [6.45, 7) is 9.82. The van der Waals surface area contributed by atoms with Crippen molar-refractivity contribution in [2.75, 3.05) is 0 Å². The van der Waals surface area contributed by atoms with Gasteiger partial charge in [0.05, 0.1) is 24.4 Å². The van der Waals surface area contributed by atoms with Crippen LogP contribution in [0.15, 0.2) is 0 Å². The van der Waals surface area contributed by atoms with E-state index in [0.29, 0.717) is 24.4 Å². The van der Waals surface area contributed by atoms with Crippen LogP contribution < -0.4 is 0 Å². The minimum Gasteiger partial charge on any atom is -0.455 e. The highest BCUT2D eigenvalue weighted by molar-refractivity contribution is 6.84. The molecule has 144 valence electrons. The van der Waals surface area contributed by atoms with Crippen molar-refractivity contribution in [1.29, 1.82) is 0 Å². The molecule has 6 unspecified atom stereocenters. The smallest absolute Gasteiger partial charge is 0.173 e. The molecule has 0 aromatic heterocycles. The summed E-state index contributed by atoms with van der Waals surface area (Å²) in [5.74, 6) is 1.65. The Morgan fingerprint density at radius 1 is 0.720 bits per heavy atom. The van der Waals surface area contributed by atoms with Gasteiger partial charge in [0.15, 0.2) is 16.6 Å². The summed E-state index contributed by atoms with van der Waals surface area (Å²) in [7, 11) is -3.10. The molecule has 0 radical (unpaired) electrons. The summed E-state index contributed by atoms with van der Waals surface area (Å²) in [5.41, 5.74) is 0. The molecule has 0 aromatic rings. The first kappa shape index (κ1) is 18.7. The molecule has 25 heavy (non-hydrogen) atoms. The third-order valence-electron chi connectivity index (χ3n) is 7.09. The highest BCUT2D eigenvalue weighted by Gasteiger charge is 2.48. The second-order valence-electron chi connectivity index (χ2n) is 10.4. The predicted molar refractivity (Wildman–Crippen MR) is 107 cm³/mol. The van der Waals surface area contributed by atoms with Gasteiger partial charge in [0.2, 0.25) is 0 Å². The van der Waals surface area contributed by atoms with Gasteiger partial charge in [-0.05, 0) is 88.6 Å². The lowest BCUT2D eigenvalue weighted by Gasteiger charge is -2.36. The molecule has 0 N–H and O–H groups in total. The van der Waals surface area contributed by atoms with E-state index in [-0.39, 0.29) is 0 Å². The van der Waals surface area contributed by atoms with E-state index < -0.39 is 16.6 Å². The molecule has 2 aliphatic carbocycles. The van der Waals surface area contributed by atoms with Crippen LogP contribution in [-0.2, 0) is 13.6 Å². The summed E-state index contributed by atoms with van der Waals surface area (Å²) in [5, 5.41) is 0. The van der Waals surface area contributed by atoms with Crippen molar-refractivity contribution in [3.63, 3.8) is 0 Å². The van der Waals surface area contributed by atoms with Gasteiger partial charge in [-0.3, -0.25) is 0 Å². The molecule has 2 saturated carbocycles. The number of fused-ring (bicyclic) bond motifs is 2. The van der Waals surface area contributed by atoms with Crippen LogP contribution in [0.1, 0.15) is 51.4 Å². The average Bonchev–Trinajstić information content (AvgIpc) is 3.42. The van der Waals surface area contributed by atoms with Crippen LogP contribution in [0.3, 0.4) is 0 Å². The Labute approximate surface area is 156 Å². The van der Waals surface area contributed by atoms with Crippen LogP contribution in [0, 0.1) is 11.8 Å². The second-order valence-corrected chi connectivity index (χ2v) is 19.2. The molecule has 2 heterocycles. The van der Waals surface area contributed by atoms with E-state index >= 15 is 0 Å². The van der Waals surface area contributed by atoms with Gasteiger partial charge in [-0.1, -0.05) is 12.8 Å². The molecular weight excluding hydrogens is 344 g/mol. The van der Waals surface area contributed by atoms with E-state index in [1.54, 1.807) is 0 Å². The van der Waals surface area contributed by atoms with Gasteiger partial charge in [0.25, 0.3) is 0 Å². The lowest BCUT2D eigenvalue weighted by Crippen LogP contribution is -2.45. The van der Waals surface area contributed by atoms with Crippen LogP contribution in [-0.4, -0.2) is 41.1 Å². The van der Waals surface area contributed by atoms with Gasteiger partial charge in [-0.15, -0.1) is 0 Å². The molecule has 2 aliphatic heterocycles. The van der Waals surface area contributed by atoms with Crippen molar-refractivity contribution in [2.45, 2.75) is 114 Å². The molecule has 0 bridgehead atoms. The zero-order valence-corrected chi connectivity index (χ0v) is 18.8. The highest BCUT2D eigenvalue weighted by Crippen LogP contribution is 2.45. The molecule has 2 saturated heterocycles. The zero-order chi connectivity index (χ0) is 17.7. The van der Waals surface area contributed by atoms with E-state index in [0.717, 1.165) is 11.8 Å². The molecule has 0 amide bonds. The molecule has 4 rings (SSSR count). The molecule has 4 fully saturated rings. The summed E-state index contributed by atoms with van der Waals surface area (Å²) in [6, 6.07) is 2.63. The molecule has 4 aliphatic rings. The fourth-order valence-electron chi connectivity index (χ4n) is 5.63. The Hall–Kier alpha value is 0.314. The van der Waals surface area contributed by atoms with Gasteiger partial charge in [-0.25, -0.2) is 0 Å². The van der Waals surface area contributed by atoms with Crippen LogP contribution in [0.2, 0.25) is 38.3 Å². The van der Waals surface area contributed by atoms with Gasteiger partial charge in [0.1, 0.15) is 0 Å². The van der Waals surface area contributed by atoms with E-state index in [2.05, 4.69) is 26.2 Å². The number of hydrogen-bond donors (Lipinski definition) is 0. The maximum absolute atomic E-state index is 6.90. The van der Waals surface area contributed by atoms with E-state index in [9.17, 15) is 0 Å². The molecule has 5 heteroatoms. The monoisotopic (exact) mass is 382 g/mol. The van der Waals surface area contributed by atoms with Crippen LogP contribution in [0.25, 0.3) is 0 Å². The van der Waals surface area contributed by atoms with Crippen molar-refractivity contribution < 1.29 is 13.6 Å². The largest absolute Gasteiger partial charge is 0.455 e. The molecule has 0 spiro atoms. The Bertz CT molecular complexity index is 440. The average molecular weight is 383 g/mol. The van der Waals surface area contributed by atoms with E-state index in [4.69, 9.17) is 13.6 Å². The fourth-order valence-corrected chi connectivity index (χ4v) is 14.6. The van der Waals surface area contributed by atoms with Crippen LogP contribution >= 0.6 is 0 Å². The SMILES string of the molecule is C[Si](C)(CCC1CCCC2OC12)O[Si](C)(C)CCC1CCCC2OC12. The number of ether oxygens (including phenoxy) is 2. The normalized spacial score (nSPS) is 40.3. The van der Waals surface area contributed by atoms with Crippen molar-refractivity contribution in [2.24, 2.45) is 11.8 Å². The Balaban J connectivity index is 1.21. The summed E-state index contributed by atoms with van der Waals surface area (Å²) in [6.07, 6.45) is 13.3. The summed E-state index contributed by atoms with van der Waals surface area (Å²) in [4.78, 5) is 0. The van der Waals surface area contributed by atoms with E-state index in [1.807, 2.05) is 0 Å². The first-order valence-corrected chi connectivity index (χ1v) is 17.1. The third kappa shape index (κ3) is 4.78. The number of epoxide rings is 2. The lowest BCUT2D eigenvalue weighted by atomic mass is 9.87. The molecule has 3 nitrogen and oxygen atoms in total. The van der Waals surface area contributed by atoms with Gasteiger partial charge in [0, 0.05) is 0 Å². The molecule has 6 atom stereocenters. The van der Waals surface area contributed by atoms with Crippen molar-refractivity contribution in [3.8, 4) is 0 Å². The number of hydrogen-bond acceptors (Lipinski definition) is 3. The Morgan fingerprint density at radius 2 is 1.16 bits per heavy atom. The summed E-state index contributed by atoms with van der Waals surface area (Å²) < 4.78 is 18.6. The highest BCUT2D eigenvalue weighted by atomic mass is 28.4. The number of rotatable bonds is 8. The maximum Gasteiger partial charge on any atom is 0.173 e. The zero-order valence-electron chi connectivity index (χ0n) is 16.8. The maximum atomic E-state index is 6.90. The van der Waals surface area contributed by atoms with Crippen molar-refractivity contribution in [3.05, 3.63) is 0 Å². The quantitative estimate of drug-likeness (QED) is 0.420. The van der Waals surface area contributed by atoms with Crippen molar-refractivity contribution >= 4 is 16.6 Å². The second kappa shape index (κ2) is 7.04. The van der Waals surface area contributed by atoms with Gasteiger partial charge >= 0.3 is 0 Å². The van der Waals surface area contributed by atoms with Gasteiger partial charge < -0.3 is 13.6 Å². The third-order valence-corrected chi connectivity index (χ3v) is 14.5. The molecular formula is C20H38O3Si2. The Morgan fingerprint density at radius 3 is 1.60 bits per heavy atom. The van der Waals surface area contributed by atoms with Crippen LogP contribution in [0.5, 0.6) is 0 Å². The first-order chi connectivity index (χ1) is 11.8. The first-order valence-electron chi connectivity index (χ1n) is 10.8. The predicted octanol–water partition coefficient (Wildman–Crippen LogP) is 5.33. The fraction of sp³-hybridized carbons (Fsp3) is 1.00. The minimum atomic E-state index is -1.55. The van der Waals surface area contributed by atoms with Gasteiger partial charge in [-0.2, -0.15) is 0 Å². The topological polar surface area (TPSA) is 34.3 Å². The lowest BCUT2D eigenvalue weighted by molar-refractivity contribution is 0.311. The van der Waals surface area contributed by atoms with E-state index in [1.165, 1.54) is 63.5 Å². The summed E-state index contributed by atoms with van der Waals surface area (Å²) >= 11 is 0. The van der Waals surface area contributed by atoms with Crippen molar-refractivity contribution in [1.82, 2.24) is 0 Å². The minimum absolute atomic E-state index is 0.613. The Kier molecular flexibility index (Phi) is 5.26. The standard InChI is InChI=1S/C20H38O3Si2/c1-24(2,13-11-15-7-5-9-17-19(15)21-17)23-25(3,4)14-12-16-8-6-10-18-20(16)22-18/h15-20H,5-14H2,1-4H3.